The Kier molecular flexibility index (Phi) is 5.19. The number of nitrogens with zero attached hydrogens (tertiary/aromatic N) is 2. The molecule has 1 aromatic carbocycles. The molecule has 0 saturated carbocycles. The van der Waals surface area contributed by atoms with Crippen molar-refractivity contribution >= 4 is 28.1 Å². The Bertz CT molecular complexity index is 530. The number of likely N-dealkylation sites (N-methyl/N-ethyl adjacent to an activating group) is 1. The third kappa shape index (κ3) is 3.69. The summed E-state index contributed by atoms with van der Waals surface area (Å²) in [6, 6.07) is 7.77. The van der Waals surface area contributed by atoms with Crippen molar-refractivity contribution in [2.75, 3.05) is 31.7 Å². The second-order valence-electron chi connectivity index (χ2n) is 4.11. The van der Waals surface area contributed by atoms with E-state index in [0.29, 0.717) is 6.61 Å². The number of thiazole rings is 1. The van der Waals surface area contributed by atoms with Crippen LogP contribution in [0.15, 0.2) is 29.6 Å². The lowest BCUT2D eigenvalue weighted by atomic mass is 10.2. The molecule has 0 fully saturated rings. The molecule has 1 aromatic heterocycles. The highest BCUT2D eigenvalue weighted by atomic mass is 35.5. The van der Waals surface area contributed by atoms with Crippen molar-refractivity contribution in [1.82, 2.24) is 4.98 Å². The number of rotatable bonds is 6. The molecule has 5 heteroatoms. The van der Waals surface area contributed by atoms with Gasteiger partial charge in [0, 0.05) is 36.2 Å². The molecule has 2 rings (SSSR count). The van der Waals surface area contributed by atoms with Gasteiger partial charge in [-0.1, -0.05) is 29.8 Å². The monoisotopic (exact) mass is 296 g/mol. The highest BCUT2D eigenvalue weighted by Gasteiger charge is 2.10. The van der Waals surface area contributed by atoms with Gasteiger partial charge in [0.05, 0.1) is 12.3 Å². The predicted octanol–water partition coefficient (Wildman–Crippen LogP) is 3.94. The lowest BCUT2D eigenvalue weighted by Crippen LogP contribution is -2.22. The second kappa shape index (κ2) is 6.89. The summed E-state index contributed by atoms with van der Waals surface area (Å²) in [6.07, 6.45) is 0. The molecule has 0 amide bonds. The lowest BCUT2D eigenvalue weighted by Gasteiger charge is -2.15. The van der Waals surface area contributed by atoms with Gasteiger partial charge >= 0.3 is 0 Å². The number of hydrogen-bond donors (Lipinski definition) is 0. The summed E-state index contributed by atoms with van der Waals surface area (Å²) in [4.78, 5) is 6.72. The van der Waals surface area contributed by atoms with Crippen LogP contribution < -0.4 is 4.90 Å². The summed E-state index contributed by atoms with van der Waals surface area (Å²) in [5, 5.41) is 3.75. The van der Waals surface area contributed by atoms with Crippen LogP contribution in [-0.2, 0) is 4.74 Å². The molecule has 0 bridgehead atoms. The zero-order valence-electron chi connectivity index (χ0n) is 11.1. The van der Waals surface area contributed by atoms with Gasteiger partial charge in [0.1, 0.15) is 0 Å². The van der Waals surface area contributed by atoms with Crippen molar-refractivity contribution in [3.8, 4) is 11.3 Å². The zero-order valence-corrected chi connectivity index (χ0v) is 12.7. The third-order valence-electron chi connectivity index (χ3n) is 2.74. The van der Waals surface area contributed by atoms with Gasteiger partial charge < -0.3 is 9.64 Å². The van der Waals surface area contributed by atoms with Gasteiger partial charge in [0.15, 0.2) is 5.13 Å². The first-order chi connectivity index (χ1) is 9.22. The third-order valence-corrected chi connectivity index (χ3v) is 4.03. The molecule has 19 heavy (non-hydrogen) atoms. The van der Waals surface area contributed by atoms with Gasteiger partial charge in [-0.3, -0.25) is 0 Å². The first-order valence-corrected chi connectivity index (χ1v) is 7.47. The molecule has 0 atom stereocenters. The number of hydrogen-bond acceptors (Lipinski definition) is 4. The molecular weight excluding hydrogens is 280 g/mol. The summed E-state index contributed by atoms with van der Waals surface area (Å²) in [6.45, 7) is 4.30. The van der Waals surface area contributed by atoms with Crippen molar-refractivity contribution in [2.24, 2.45) is 0 Å². The molecule has 0 radical (unpaired) electrons. The Morgan fingerprint density at radius 2 is 2.16 bits per heavy atom. The lowest BCUT2D eigenvalue weighted by molar-refractivity contribution is 0.154. The van der Waals surface area contributed by atoms with Crippen molar-refractivity contribution in [3.63, 3.8) is 0 Å². The highest BCUT2D eigenvalue weighted by Crippen LogP contribution is 2.31. The smallest absolute Gasteiger partial charge is 0.185 e. The van der Waals surface area contributed by atoms with E-state index in [9.17, 15) is 0 Å². The average molecular weight is 297 g/mol. The van der Waals surface area contributed by atoms with Crippen LogP contribution in [0.5, 0.6) is 0 Å². The molecule has 0 saturated heterocycles. The normalized spacial score (nSPS) is 10.7. The van der Waals surface area contributed by atoms with Crippen LogP contribution in [0.4, 0.5) is 5.13 Å². The maximum absolute atomic E-state index is 6.18. The molecule has 0 aliphatic carbocycles. The average Bonchev–Trinajstić information content (AvgIpc) is 2.89. The van der Waals surface area contributed by atoms with Gasteiger partial charge in [0.25, 0.3) is 0 Å². The fourth-order valence-corrected chi connectivity index (χ4v) is 2.73. The Morgan fingerprint density at radius 3 is 2.89 bits per heavy atom. The molecule has 2 aromatic rings. The summed E-state index contributed by atoms with van der Waals surface area (Å²) in [5.41, 5.74) is 1.90. The number of halogens is 1. The number of benzene rings is 1. The molecule has 102 valence electrons. The minimum Gasteiger partial charge on any atom is -0.380 e. The number of anilines is 1. The van der Waals surface area contributed by atoms with E-state index in [0.717, 1.165) is 34.6 Å². The van der Waals surface area contributed by atoms with E-state index in [1.54, 1.807) is 11.3 Å². The van der Waals surface area contributed by atoms with Crippen LogP contribution in [0.1, 0.15) is 6.92 Å². The fourth-order valence-electron chi connectivity index (χ4n) is 1.67. The van der Waals surface area contributed by atoms with Crippen molar-refractivity contribution in [3.05, 3.63) is 34.7 Å². The highest BCUT2D eigenvalue weighted by molar-refractivity contribution is 7.14. The van der Waals surface area contributed by atoms with Gasteiger partial charge in [-0.25, -0.2) is 4.98 Å². The maximum atomic E-state index is 6.18. The summed E-state index contributed by atoms with van der Waals surface area (Å²) >= 11 is 7.80. The first-order valence-electron chi connectivity index (χ1n) is 6.21. The van der Waals surface area contributed by atoms with E-state index in [2.05, 4.69) is 9.88 Å². The van der Waals surface area contributed by atoms with E-state index in [1.165, 1.54) is 0 Å². The van der Waals surface area contributed by atoms with Crippen LogP contribution in [0, 0.1) is 0 Å². The predicted molar refractivity (Wildman–Crippen MR) is 82.3 cm³/mol. The van der Waals surface area contributed by atoms with Crippen LogP contribution in [0.2, 0.25) is 5.02 Å². The van der Waals surface area contributed by atoms with Crippen molar-refractivity contribution < 1.29 is 4.74 Å². The van der Waals surface area contributed by atoms with Crippen LogP contribution in [0.3, 0.4) is 0 Å². The largest absolute Gasteiger partial charge is 0.380 e. The van der Waals surface area contributed by atoms with Crippen molar-refractivity contribution in [1.29, 1.82) is 0 Å². The molecular formula is C14H17ClN2OS. The Balaban J connectivity index is 2.09. The van der Waals surface area contributed by atoms with Crippen LogP contribution in [0.25, 0.3) is 11.3 Å². The minimum absolute atomic E-state index is 0.716. The fraction of sp³-hybridized carbons (Fsp3) is 0.357. The quantitative estimate of drug-likeness (QED) is 0.755. The van der Waals surface area contributed by atoms with Gasteiger partial charge in [-0.15, -0.1) is 11.3 Å². The Labute approximate surface area is 122 Å². The molecule has 1 heterocycles. The molecule has 0 aliphatic heterocycles. The summed E-state index contributed by atoms with van der Waals surface area (Å²) < 4.78 is 5.35. The van der Waals surface area contributed by atoms with E-state index in [1.807, 2.05) is 43.6 Å². The van der Waals surface area contributed by atoms with E-state index in [4.69, 9.17) is 16.3 Å². The van der Waals surface area contributed by atoms with E-state index < -0.39 is 0 Å². The van der Waals surface area contributed by atoms with Crippen LogP contribution >= 0.6 is 22.9 Å². The van der Waals surface area contributed by atoms with Crippen LogP contribution in [-0.4, -0.2) is 31.8 Å². The molecule has 0 aliphatic rings. The maximum Gasteiger partial charge on any atom is 0.185 e. The molecule has 3 nitrogen and oxygen atoms in total. The Morgan fingerprint density at radius 1 is 1.37 bits per heavy atom. The van der Waals surface area contributed by atoms with Gasteiger partial charge in [-0.05, 0) is 13.0 Å². The minimum atomic E-state index is 0.716. The van der Waals surface area contributed by atoms with Gasteiger partial charge in [0.2, 0.25) is 0 Å². The van der Waals surface area contributed by atoms with Crippen molar-refractivity contribution in [2.45, 2.75) is 6.92 Å². The SMILES string of the molecule is CCOCCN(C)c1nc(-c2ccccc2Cl)cs1. The topological polar surface area (TPSA) is 25.4 Å². The second-order valence-corrected chi connectivity index (χ2v) is 5.36. The Hall–Kier alpha value is -1.10. The number of ether oxygens (including phenoxy) is 1. The zero-order chi connectivity index (χ0) is 13.7. The standard InChI is InChI=1S/C14H17ClN2OS/c1-3-18-9-8-17(2)14-16-13(10-19-14)11-6-4-5-7-12(11)15/h4-7,10H,3,8-9H2,1-2H3. The van der Waals surface area contributed by atoms with E-state index >= 15 is 0 Å². The first kappa shape index (κ1) is 14.3. The van der Waals surface area contributed by atoms with Gasteiger partial charge in [-0.2, -0.15) is 0 Å². The summed E-state index contributed by atoms with van der Waals surface area (Å²) in [7, 11) is 2.02. The summed E-state index contributed by atoms with van der Waals surface area (Å²) in [5.74, 6) is 0. The van der Waals surface area contributed by atoms with E-state index in [-0.39, 0.29) is 0 Å². The number of aromatic nitrogens is 1. The molecule has 0 N–H and O–H groups in total. The molecule has 0 spiro atoms. The molecule has 0 unspecified atom stereocenters.